The summed E-state index contributed by atoms with van der Waals surface area (Å²) in [5, 5.41) is 2.85. The number of hydrogen-bond donors (Lipinski definition) is 2. The number of nitrogens with one attached hydrogen (secondary N) is 1. The van der Waals surface area contributed by atoms with Crippen LogP contribution in [0.3, 0.4) is 0 Å². The van der Waals surface area contributed by atoms with Crippen LogP contribution in [0, 0.1) is 0 Å². The van der Waals surface area contributed by atoms with Crippen LogP contribution in [0.5, 0.6) is 0 Å². The molecular formula is C13H21BrN4O. The maximum Gasteiger partial charge on any atom is 0.255 e. The molecule has 0 aliphatic carbocycles. The molecule has 0 aliphatic rings. The van der Waals surface area contributed by atoms with Gasteiger partial charge in [-0.1, -0.05) is 0 Å². The number of anilines is 1. The topological polar surface area (TPSA) is 71.2 Å². The van der Waals surface area contributed by atoms with Crippen molar-refractivity contribution in [3.63, 3.8) is 0 Å². The Morgan fingerprint density at radius 3 is 2.89 bits per heavy atom. The van der Waals surface area contributed by atoms with E-state index in [-0.39, 0.29) is 11.7 Å². The molecule has 0 aliphatic heterocycles. The van der Waals surface area contributed by atoms with Gasteiger partial charge in [0.2, 0.25) is 0 Å². The highest BCUT2D eigenvalue weighted by molar-refractivity contribution is 9.10. The van der Waals surface area contributed by atoms with E-state index in [1.54, 1.807) is 12.3 Å². The third-order valence-electron chi connectivity index (χ3n) is 2.98. The minimum atomic E-state index is -0.182. The maximum absolute atomic E-state index is 11.9. The first-order valence-electron chi connectivity index (χ1n) is 6.31. The van der Waals surface area contributed by atoms with Crippen LogP contribution in [0.1, 0.15) is 30.6 Å². The normalized spacial score (nSPS) is 11.1. The average molecular weight is 329 g/mol. The Bertz CT molecular complexity index is 437. The molecular weight excluding hydrogens is 308 g/mol. The fraction of sp³-hybridized carbons (Fsp3) is 0.538. The van der Waals surface area contributed by atoms with Crippen molar-refractivity contribution < 1.29 is 4.79 Å². The number of pyridine rings is 1. The molecule has 0 saturated heterocycles. The molecule has 6 heteroatoms. The van der Waals surface area contributed by atoms with Crippen LogP contribution in [-0.2, 0) is 0 Å². The number of carbonyl (C=O) groups excluding carboxylic acids is 1. The summed E-state index contributed by atoms with van der Waals surface area (Å²) >= 11 is 3.28. The van der Waals surface area contributed by atoms with E-state index in [0.29, 0.717) is 18.2 Å². The molecule has 0 saturated carbocycles. The van der Waals surface area contributed by atoms with Crippen molar-refractivity contribution >= 4 is 27.7 Å². The second-order valence-corrected chi connectivity index (χ2v) is 5.69. The predicted molar refractivity (Wildman–Crippen MR) is 81.1 cm³/mol. The first-order valence-corrected chi connectivity index (χ1v) is 7.10. The Labute approximate surface area is 122 Å². The van der Waals surface area contributed by atoms with Gasteiger partial charge in [0.1, 0.15) is 5.82 Å². The van der Waals surface area contributed by atoms with E-state index < -0.39 is 0 Å². The third kappa shape index (κ3) is 5.16. The summed E-state index contributed by atoms with van der Waals surface area (Å²) in [6, 6.07) is 2.19. The van der Waals surface area contributed by atoms with Crippen LogP contribution in [0.25, 0.3) is 0 Å². The van der Waals surface area contributed by atoms with E-state index in [1.165, 1.54) is 0 Å². The number of amides is 1. The smallest absolute Gasteiger partial charge is 0.255 e. The molecule has 0 spiro atoms. The van der Waals surface area contributed by atoms with E-state index in [2.05, 4.69) is 52.0 Å². The van der Waals surface area contributed by atoms with Gasteiger partial charge < -0.3 is 16.0 Å². The molecule has 1 amide bonds. The monoisotopic (exact) mass is 328 g/mol. The first-order chi connectivity index (χ1) is 8.91. The van der Waals surface area contributed by atoms with Gasteiger partial charge in [-0.3, -0.25) is 4.79 Å². The van der Waals surface area contributed by atoms with Crippen molar-refractivity contribution in [3.8, 4) is 0 Å². The average Bonchev–Trinajstić information content (AvgIpc) is 2.36. The van der Waals surface area contributed by atoms with Crippen LogP contribution in [0.4, 0.5) is 5.82 Å². The van der Waals surface area contributed by atoms with E-state index >= 15 is 0 Å². The second kappa shape index (κ2) is 7.45. The zero-order valence-corrected chi connectivity index (χ0v) is 13.2. The lowest BCUT2D eigenvalue weighted by molar-refractivity contribution is 0.0952. The zero-order chi connectivity index (χ0) is 14.4. The number of nitrogen functional groups attached to an aromatic ring is 1. The van der Waals surface area contributed by atoms with Gasteiger partial charge in [0.25, 0.3) is 5.91 Å². The summed E-state index contributed by atoms with van der Waals surface area (Å²) in [5.41, 5.74) is 6.09. The summed E-state index contributed by atoms with van der Waals surface area (Å²) in [6.45, 7) is 5.87. The Kier molecular flexibility index (Phi) is 6.24. The molecule has 0 bridgehead atoms. The van der Waals surface area contributed by atoms with Gasteiger partial charge in [0.05, 0.1) is 5.56 Å². The minimum absolute atomic E-state index is 0.182. The zero-order valence-electron chi connectivity index (χ0n) is 11.6. The van der Waals surface area contributed by atoms with Crippen LogP contribution in [0.2, 0.25) is 0 Å². The highest BCUT2D eigenvalue weighted by Gasteiger charge is 2.11. The summed E-state index contributed by atoms with van der Waals surface area (Å²) in [5.74, 6) is 0.0681. The second-order valence-electron chi connectivity index (χ2n) is 4.77. The van der Waals surface area contributed by atoms with Gasteiger partial charge in [0, 0.05) is 23.3 Å². The number of hydrogen-bond acceptors (Lipinski definition) is 4. The van der Waals surface area contributed by atoms with Crippen molar-refractivity contribution in [2.45, 2.75) is 26.3 Å². The molecule has 106 valence electrons. The number of nitrogens with zero attached hydrogens (tertiary/aromatic N) is 2. The Balaban J connectivity index is 2.41. The maximum atomic E-state index is 11.9. The number of halogens is 1. The lowest BCUT2D eigenvalue weighted by Gasteiger charge is -2.20. The third-order valence-corrected chi connectivity index (χ3v) is 3.42. The van der Waals surface area contributed by atoms with Crippen molar-refractivity contribution in [2.24, 2.45) is 0 Å². The van der Waals surface area contributed by atoms with E-state index in [4.69, 9.17) is 5.73 Å². The summed E-state index contributed by atoms with van der Waals surface area (Å²) < 4.78 is 0.742. The van der Waals surface area contributed by atoms with Gasteiger partial charge >= 0.3 is 0 Å². The van der Waals surface area contributed by atoms with Crippen LogP contribution in [0.15, 0.2) is 16.7 Å². The van der Waals surface area contributed by atoms with Crippen LogP contribution in [-0.4, -0.2) is 42.0 Å². The minimum Gasteiger partial charge on any atom is -0.383 e. The molecule has 1 aromatic heterocycles. The van der Waals surface area contributed by atoms with E-state index in [9.17, 15) is 4.79 Å². The van der Waals surface area contributed by atoms with E-state index in [1.807, 2.05) is 0 Å². The van der Waals surface area contributed by atoms with Crippen molar-refractivity contribution in [2.75, 3.05) is 25.9 Å². The summed E-state index contributed by atoms with van der Waals surface area (Å²) in [6.07, 6.45) is 2.48. The molecule has 3 N–H and O–H groups in total. The highest BCUT2D eigenvalue weighted by atomic mass is 79.9. The molecule has 0 unspecified atom stereocenters. The molecule has 1 heterocycles. The number of carbonyl (C=O) groups is 1. The van der Waals surface area contributed by atoms with Gasteiger partial charge in [0.15, 0.2) is 0 Å². The predicted octanol–water partition coefficient (Wildman–Crippen LogP) is 1.89. The molecule has 0 radical (unpaired) electrons. The van der Waals surface area contributed by atoms with Crippen molar-refractivity contribution in [1.29, 1.82) is 0 Å². The SMILES string of the molecule is CC(C)N(C)CCCNC(=O)c1cc(Br)cnc1N. The lowest BCUT2D eigenvalue weighted by atomic mass is 10.2. The van der Waals surface area contributed by atoms with Crippen LogP contribution < -0.4 is 11.1 Å². The summed E-state index contributed by atoms with van der Waals surface area (Å²) in [4.78, 5) is 18.1. The Morgan fingerprint density at radius 2 is 2.26 bits per heavy atom. The van der Waals surface area contributed by atoms with E-state index in [0.717, 1.165) is 17.4 Å². The molecule has 1 rings (SSSR count). The van der Waals surface area contributed by atoms with Crippen molar-refractivity contribution in [3.05, 3.63) is 22.3 Å². The number of nitrogens with two attached hydrogens (primary N) is 1. The fourth-order valence-electron chi connectivity index (χ4n) is 1.52. The summed E-state index contributed by atoms with van der Waals surface area (Å²) in [7, 11) is 2.07. The lowest BCUT2D eigenvalue weighted by Crippen LogP contribution is -2.31. The number of aromatic nitrogens is 1. The molecule has 5 nitrogen and oxygen atoms in total. The molecule has 1 aromatic rings. The molecule has 19 heavy (non-hydrogen) atoms. The van der Waals surface area contributed by atoms with Crippen LogP contribution >= 0.6 is 15.9 Å². The standard InChI is InChI=1S/C13H21BrN4O/c1-9(2)18(3)6-4-5-16-13(19)11-7-10(14)8-17-12(11)15/h7-9H,4-6H2,1-3H3,(H2,15,17)(H,16,19). The van der Waals surface area contributed by atoms with Gasteiger partial charge in [-0.15, -0.1) is 0 Å². The quantitative estimate of drug-likeness (QED) is 0.782. The molecule has 0 fully saturated rings. The molecule has 0 aromatic carbocycles. The largest absolute Gasteiger partial charge is 0.383 e. The number of rotatable bonds is 6. The Hall–Kier alpha value is -1.14. The van der Waals surface area contributed by atoms with Gasteiger partial charge in [-0.05, 0) is 55.9 Å². The van der Waals surface area contributed by atoms with Crippen molar-refractivity contribution in [1.82, 2.24) is 15.2 Å². The Morgan fingerprint density at radius 1 is 1.58 bits per heavy atom. The van der Waals surface area contributed by atoms with Gasteiger partial charge in [-0.2, -0.15) is 0 Å². The molecule has 0 atom stereocenters. The van der Waals surface area contributed by atoms with Gasteiger partial charge in [-0.25, -0.2) is 4.98 Å². The first kappa shape index (κ1) is 15.9. The highest BCUT2D eigenvalue weighted by Crippen LogP contribution is 2.15. The fourth-order valence-corrected chi connectivity index (χ4v) is 1.85.